The van der Waals surface area contributed by atoms with Gasteiger partial charge in [-0.3, -0.25) is 14.4 Å². The average molecular weight is 394 g/mol. The summed E-state index contributed by atoms with van der Waals surface area (Å²) in [6.07, 6.45) is 8.86. The van der Waals surface area contributed by atoms with E-state index in [0.29, 0.717) is 18.3 Å². The van der Waals surface area contributed by atoms with Gasteiger partial charge in [0.15, 0.2) is 5.82 Å². The maximum Gasteiger partial charge on any atom is 0.266 e. The van der Waals surface area contributed by atoms with Crippen molar-refractivity contribution in [1.82, 2.24) is 39.2 Å². The molecule has 0 amide bonds. The van der Waals surface area contributed by atoms with Crippen LogP contribution in [0.2, 0.25) is 0 Å². The minimum Gasteiger partial charge on any atom is -0.297 e. The molecule has 9 nitrogen and oxygen atoms in total. The molecular weight excluding hydrogens is 368 g/mol. The molecular formula is C20H26N8O. The Labute approximate surface area is 169 Å². The molecule has 0 atom stereocenters. The van der Waals surface area contributed by atoms with Gasteiger partial charge in [-0.25, -0.2) is 14.3 Å². The molecule has 9 heteroatoms. The van der Waals surface area contributed by atoms with Gasteiger partial charge in [0.2, 0.25) is 0 Å². The Morgan fingerprint density at radius 1 is 1.07 bits per heavy atom. The first-order chi connectivity index (χ1) is 14.2. The van der Waals surface area contributed by atoms with E-state index in [1.807, 2.05) is 0 Å². The summed E-state index contributed by atoms with van der Waals surface area (Å²) in [5.74, 6) is 1.07. The predicted octanol–water partition coefficient (Wildman–Crippen LogP) is 1.27. The quantitative estimate of drug-likeness (QED) is 0.648. The van der Waals surface area contributed by atoms with E-state index in [4.69, 9.17) is 5.10 Å². The van der Waals surface area contributed by atoms with E-state index < -0.39 is 0 Å². The van der Waals surface area contributed by atoms with Crippen molar-refractivity contribution in [1.29, 1.82) is 0 Å². The molecule has 2 aliphatic heterocycles. The molecule has 3 aromatic heterocycles. The molecule has 0 aliphatic carbocycles. The monoisotopic (exact) mass is 394 g/mol. The molecule has 5 heterocycles. The lowest BCUT2D eigenvalue weighted by Gasteiger charge is -2.31. The molecule has 0 saturated carbocycles. The smallest absolute Gasteiger partial charge is 0.266 e. The topological polar surface area (TPSA) is 86.7 Å². The largest absolute Gasteiger partial charge is 0.297 e. The molecule has 0 radical (unpaired) electrons. The van der Waals surface area contributed by atoms with Crippen LogP contribution in [0.25, 0.3) is 5.82 Å². The van der Waals surface area contributed by atoms with Crippen LogP contribution in [-0.4, -0.2) is 52.3 Å². The Morgan fingerprint density at radius 2 is 1.97 bits per heavy atom. The second-order valence-corrected chi connectivity index (χ2v) is 8.08. The second-order valence-electron chi connectivity index (χ2n) is 8.08. The van der Waals surface area contributed by atoms with Gasteiger partial charge in [-0.2, -0.15) is 10.2 Å². The maximum atomic E-state index is 12.3. The van der Waals surface area contributed by atoms with Gasteiger partial charge in [-0.15, -0.1) is 5.10 Å². The van der Waals surface area contributed by atoms with Crippen molar-refractivity contribution in [3.05, 3.63) is 52.6 Å². The van der Waals surface area contributed by atoms with E-state index in [0.717, 1.165) is 45.4 Å². The van der Waals surface area contributed by atoms with Gasteiger partial charge in [0.1, 0.15) is 12.7 Å². The van der Waals surface area contributed by atoms with Crippen molar-refractivity contribution >= 4 is 0 Å². The number of nitrogens with zero attached hydrogens (tertiary/aromatic N) is 8. The van der Waals surface area contributed by atoms with E-state index in [2.05, 4.69) is 30.8 Å². The van der Waals surface area contributed by atoms with Crippen LogP contribution in [0.15, 0.2) is 35.6 Å². The number of rotatable bonds is 5. The first kappa shape index (κ1) is 18.2. The minimum absolute atomic E-state index is 0.0696. The lowest BCUT2D eigenvalue weighted by molar-refractivity contribution is 0.161. The zero-order valence-electron chi connectivity index (χ0n) is 16.5. The van der Waals surface area contributed by atoms with Gasteiger partial charge < -0.3 is 0 Å². The number of aromatic nitrogens is 7. The molecule has 152 valence electrons. The number of fused-ring (bicyclic) bond motifs is 1. The van der Waals surface area contributed by atoms with Gasteiger partial charge in [-0.05, 0) is 63.2 Å². The highest BCUT2D eigenvalue weighted by Crippen LogP contribution is 2.21. The Morgan fingerprint density at radius 3 is 2.76 bits per heavy atom. The third-order valence-electron chi connectivity index (χ3n) is 6.00. The lowest BCUT2D eigenvalue weighted by atomic mass is 9.96. The molecule has 0 unspecified atom stereocenters. The fourth-order valence-corrected chi connectivity index (χ4v) is 4.37. The highest BCUT2D eigenvalue weighted by Gasteiger charge is 2.22. The van der Waals surface area contributed by atoms with Crippen molar-refractivity contribution in [3.8, 4) is 5.82 Å². The average Bonchev–Trinajstić information content (AvgIpc) is 3.40. The van der Waals surface area contributed by atoms with Crippen LogP contribution in [0, 0.1) is 5.92 Å². The molecule has 2 aliphatic rings. The first-order valence-corrected chi connectivity index (χ1v) is 10.5. The van der Waals surface area contributed by atoms with Crippen LogP contribution in [0.1, 0.15) is 37.1 Å². The normalized spacial score (nSPS) is 18.1. The summed E-state index contributed by atoms with van der Waals surface area (Å²) in [6, 6.07) is 5.52. The van der Waals surface area contributed by atoms with Gasteiger partial charge in [0, 0.05) is 31.4 Å². The van der Waals surface area contributed by atoms with Crippen molar-refractivity contribution in [3.63, 3.8) is 0 Å². The summed E-state index contributed by atoms with van der Waals surface area (Å²) in [5, 5.41) is 13.3. The fraction of sp³-hybridized carbons (Fsp3) is 0.550. The first-order valence-electron chi connectivity index (χ1n) is 10.5. The molecule has 0 spiro atoms. The van der Waals surface area contributed by atoms with Gasteiger partial charge >= 0.3 is 0 Å². The summed E-state index contributed by atoms with van der Waals surface area (Å²) in [7, 11) is 0. The summed E-state index contributed by atoms with van der Waals surface area (Å²) in [6.45, 7) is 4.70. The zero-order valence-corrected chi connectivity index (χ0v) is 16.5. The lowest BCUT2D eigenvalue weighted by Crippen LogP contribution is -2.36. The summed E-state index contributed by atoms with van der Waals surface area (Å²) >= 11 is 0. The van der Waals surface area contributed by atoms with Crippen LogP contribution < -0.4 is 5.56 Å². The molecule has 0 N–H and O–H groups in total. The third-order valence-corrected chi connectivity index (χ3v) is 6.00. The van der Waals surface area contributed by atoms with E-state index >= 15 is 0 Å². The molecule has 3 aromatic rings. The van der Waals surface area contributed by atoms with Crippen molar-refractivity contribution in [2.45, 2.75) is 51.7 Å². The van der Waals surface area contributed by atoms with E-state index in [1.54, 1.807) is 27.8 Å². The highest BCUT2D eigenvalue weighted by atomic mass is 16.1. The molecule has 0 bridgehead atoms. The SMILES string of the molecule is O=c1ccc(-n2cncn2)nn1CC1CCN(Cc2cc3n(n2)CCCC3)CC1. The number of piperidine rings is 1. The van der Waals surface area contributed by atoms with E-state index in [1.165, 1.54) is 30.6 Å². The third kappa shape index (κ3) is 4.00. The van der Waals surface area contributed by atoms with Crippen LogP contribution in [-0.2, 0) is 26.1 Å². The van der Waals surface area contributed by atoms with Crippen LogP contribution in [0.4, 0.5) is 0 Å². The van der Waals surface area contributed by atoms with Crippen molar-refractivity contribution in [2.24, 2.45) is 5.92 Å². The zero-order chi connectivity index (χ0) is 19.6. The molecule has 1 saturated heterocycles. The summed E-state index contributed by atoms with van der Waals surface area (Å²) in [5.41, 5.74) is 2.51. The Bertz CT molecular complexity index is 990. The Balaban J connectivity index is 1.19. The van der Waals surface area contributed by atoms with Gasteiger partial charge in [-0.1, -0.05) is 0 Å². The highest BCUT2D eigenvalue weighted by molar-refractivity contribution is 5.16. The van der Waals surface area contributed by atoms with Gasteiger partial charge in [0.25, 0.3) is 5.56 Å². The molecule has 0 aromatic carbocycles. The maximum absolute atomic E-state index is 12.3. The minimum atomic E-state index is -0.0696. The number of likely N-dealkylation sites (tertiary alicyclic amines) is 1. The second kappa shape index (κ2) is 7.90. The molecule has 29 heavy (non-hydrogen) atoms. The van der Waals surface area contributed by atoms with Crippen molar-refractivity contribution in [2.75, 3.05) is 13.1 Å². The van der Waals surface area contributed by atoms with E-state index in [9.17, 15) is 4.79 Å². The van der Waals surface area contributed by atoms with Gasteiger partial charge in [0.05, 0.1) is 5.69 Å². The fourth-order valence-electron chi connectivity index (χ4n) is 4.37. The summed E-state index contributed by atoms with van der Waals surface area (Å²) in [4.78, 5) is 18.7. The Kier molecular flexibility index (Phi) is 4.97. The Hall–Kier alpha value is -2.81. The number of aryl methyl sites for hydroxylation is 2. The summed E-state index contributed by atoms with van der Waals surface area (Å²) < 4.78 is 5.33. The number of hydrogen-bond acceptors (Lipinski definition) is 6. The van der Waals surface area contributed by atoms with Crippen molar-refractivity contribution < 1.29 is 0 Å². The van der Waals surface area contributed by atoms with Crippen LogP contribution >= 0.6 is 0 Å². The van der Waals surface area contributed by atoms with Crippen LogP contribution in [0.5, 0.6) is 0 Å². The standard InChI is InChI=1S/C20H26N8O/c29-20-5-4-19(28-15-21-14-22-28)24-27(20)12-16-6-9-25(10-7-16)13-17-11-18-3-1-2-8-26(18)23-17/h4-5,11,14-16H,1-3,6-10,12-13H2. The van der Waals surface area contributed by atoms with Crippen LogP contribution in [0.3, 0.4) is 0 Å². The molecule has 5 rings (SSSR count). The van der Waals surface area contributed by atoms with E-state index in [-0.39, 0.29) is 5.56 Å². The molecule has 1 fully saturated rings. The number of hydrogen-bond donors (Lipinski definition) is 0. The predicted molar refractivity (Wildman–Crippen MR) is 107 cm³/mol.